The first-order valence-electron chi connectivity index (χ1n) is 12.8. The van der Waals surface area contributed by atoms with Crippen molar-refractivity contribution in [3.8, 4) is 11.3 Å². The van der Waals surface area contributed by atoms with E-state index in [1.807, 2.05) is 67.9 Å². The second-order valence-electron chi connectivity index (χ2n) is 11.3. The van der Waals surface area contributed by atoms with Crippen molar-refractivity contribution in [3.63, 3.8) is 0 Å². The average Bonchev–Trinajstić information content (AvgIpc) is 3.18. The number of hydrogen-bond donors (Lipinski definition) is 2. The molecular formula is C28H40N4O4Si. The van der Waals surface area contributed by atoms with Crippen LogP contribution in [-0.2, 0) is 16.2 Å². The maximum absolute atomic E-state index is 12.6. The number of ether oxygens (including phenoxy) is 2. The highest BCUT2D eigenvalue weighted by Gasteiger charge is 2.16. The number of aromatic nitrogens is 2. The highest BCUT2D eigenvalue weighted by Crippen LogP contribution is 2.28. The standard InChI is InChI=1S/C28H40N4O4Si/c1-28(2,3)36-27(34)30-17-9-16-29-26(33)22-14-12-21(13-15-22)25-23-10-7-8-11-24(23)32(31-25)20-35-18-19-37(4,5)6/h7-8,10-15H,9,16-20H2,1-6H3,(H,29,33)(H,30,34). The summed E-state index contributed by atoms with van der Waals surface area (Å²) < 4.78 is 13.0. The predicted octanol–water partition coefficient (Wildman–Crippen LogP) is 5.66. The van der Waals surface area contributed by atoms with Gasteiger partial charge in [0.15, 0.2) is 0 Å². The highest BCUT2D eigenvalue weighted by molar-refractivity contribution is 6.76. The van der Waals surface area contributed by atoms with Crippen molar-refractivity contribution in [2.75, 3.05) is 19.7 Å². The molecule has 3 rings (SSSR count). The maximum atomic E-state index is 12.6. The van der Waals surface area contributed by atoms with Crippen molar-refractivity contribution in [2.24, 2.45) is 0 Å². The Morgan fingerprint density at radius 3 is 2.32 bits per heavy atom. The van der Waals surface area contributed by atoms with Crippen molar-refractivity contribution in [1.29, 1.82) is 0 Å². The molecule has 1 aromatic heterocycles. The summed E-state index contributed by atoms with van der Waals surface area (Å²) in [6, 6.07) is 16.7. The molecule has 0 fully saturated rings. The van der Waals surface area contributed by atoms with Gasteiger partial charge in [-0.2, -0.15) is 5.10 Å². The molecule has 3 aromatic rings. The molecule has 0 spiro atoms. The van der Waals surface area contributed by atoms with E-state index in [9.17, 15) is 9.59 Å². The second kappa shape index (κ2) is 12.4. The number of nitrogens with one attached hydrogen (secondary N) is 2. The van der Waals surface area contributed by atoms with Crippen LogP contribution in [0.15, 0.2) is 48.5 Å². The Kier molecular flexibility index (Phi) is 9.50. The van der Waals surface area contributed by atoms with E-state index in [4.69, 9.17) is 14.6 Å². The minimum atomic E-state index is -1.15. The number of carbonyl (C=O) groups excluding carboxylic acids is 2. The number of rotatable bonds is 11. The van der Waals surface area contributed by atoms with E-state index in [1.165, 1.54) is 0 Å². The molecule has 8 nitrogen and oxygen atoms in total. The molecule has 0 saturated carbocycles. The van der Waals surface area contributed by atoms with E-state index in [0.29, 0.717) is 31.8 Å². The minimum absolute atomic E-state index is 0.157. The Labute approximate surface area is 220 Å². The molecule has 9 heteroatoms. The molecule has 0 aliphatic carbocycles. The predicted molar refractivity (Wildman–Crippen MR) is 150 cm³/mol. The van der Waals surface area contributed by atoms with E-state index >= 15 is 0 Å². The summed E-state index contributed by atoms with van der Waals surface area (Å²) in [5.41, 5.74) is 2.87. The van der Waals surface area contributed by atoms with Crippen molar-refractivity contribution in [2.45, 2.75) is 65.2 Å². The normalized spacial score (nSPS) is 11.9. The number of amides is 2. The molecule has 0 unspecified atom stereocenters. The van der Waals surface area contributed by atoms with Gasteiger partial charge in [0, 0.05) is 44.3 Å². The SMILES string of the molecule is CC(C)(C)OC(=O)NCCCNC(=O)c1ccc(-c2nn(COCC[Si](C)(C)C)c3ccccc23)cc1. The van der Waals surface area contributed by atoms with E-state index in [2.05, 4.69) is 36.3 Å². The Balaban J connectivity index is 1.56. The smallest absolute Gasteiger partial charge is 0.407 e. The van der Waals surface area contributed by atoms with Gasteiger partial charge >= 0.3 is 6.09 Å². The van der Waals surface area contributed by atoms with E-state index in [1.54, 1.807) is 0 Å². The van der Waals surface area contributed by atoms with Crippen LogP contribution >= 0.6 is 0 Å². The van der Waals surface area contributed by atoms with Crippen molar-refractivity contribution in [3.05, 3.63) is 54.1 Å². The number of hydrogen-bond acceptors (Lipinski definition) is 5. The molecule has 0 radical (unpaired) electrons. The van der Waals surface area contributed by atoms with Crippen LogP contribution in [0.3, 0.4) is 0 Å². The summed E-state index contributed by atoms with van der Waals surface area (Å²) in [6.07, 6.45) is 0.148. The molecule has 37 heavy (non-hydrogen) atoms. The van der Waals surface area contributed by atoms with Crippen LogP contribution in [0.5, 0.6) is 0 Å². The van der Waals surface area contributed by atoms with Gasteiger partial charge in [-0.15, -0.1) is 0 Å². The lowest BCUT2D eigenvalue weighted by atomic mass is 10.1. The first-order chi connectivity index (χ1) is 17.4. The van der Waals surface area contributed by atoms with E-state index in [0.717, 1.165) is 34.8 Å². The molecule has 2 N–H and O–H groups in total. The molecular weight excluding hydrogens is 484 g/mol. The van der Waals surface area contributed by atoms with Gasteiger partial charge in [-0.05, 0) is 51.4 Å². The third kappa shape index (κ3) is 9.01. The van der Waals surface area contributed by atoms with Crippen LogP contribution in [0.2, 0.25) is 25.7 Å². The number of para-hydroxylation sites is 1. The first-order valence-corrected chi connectivity index (χ1v) is 16.5. The number of carbonyl (C=O) groups is 2. The zero-order chi connectivity index (χ0) is 27.1. The molecule has 2 amide bonds. The third-order valence-electron chi connectivity index (χ3n) is 5.60. The van der Waals surface area contributed by atoms with Crippen molar-refractivity contribution < 1.29 is 19.1 Å². The maximum Gasteiger partial charge on any atom is 0.407 e. The van der Waals surface area contributed by atoms with E-state index < -0.39 is 19.8 Å². The summed E-state index contributed by atoms with van der Waals surface area (Å²) in [5.74, 6) is -0.157. The molecule has 200 valence electrons. The molecule has 0 atom stereocenters. The summed E-state index contributed by atoms with van der Waals surface area (Å²) in [6.45, 7) is 14.5. The first kappa shape index (κ1) is 28.4. The second-order valence-corrected chi connectivity index (χ2v) is 17.0. The number of nitrogens with zero attached hydrogens (tertiary/aromatic N) is 2. The number of alkyl carbamates (subject to hydrolysis) is 1. The largest absolute Gasteiger partial charge is 0.444 e. The molecule has 1 heterocycles. The Morgan fingerprint density at radius 2 is 1.65 bits per heavy atom. The van der Waals surface area contributed by atoms with Crippen LogP contribution in [-0.4, -0.2) is 55.2 Å². The summed E-state index contributed by atoms with van der Waals surface area (Å²) in [5, 5.41) is 11.5. The van der Waals surface area contributed by atoms with Crippen molar-refractivity contribution >= 4 is 31.0 Å². The molecule has 0 saturated heterocycles. The zero-order valence-corrected chi connectivity index (χ0v) is 23.9. The summed E-state index contributed by atoms with van der Waals surface area (Å²) >= 11 is 0. The van der Waals surface area contributed by atoms with Crippen LogP contribution in [0.1, 0.15) is 37.6 Å². The van der Waals surface area contributed by atoms with Gasteiger partial charge in [0.1, 0.15) is 18.0 Å². The summed E-state index contributed by atoms with van der Waals surface area (Å²) in [4.78, 5) is 24.2. The fourth-order valence-corrected chi connectivity index (χ4v) is 4.40. The van der Waals surface area contributed by atoms with Crippen molar-refractivity contribution in [1.82, 2.24) is 20.4 Å². The van der Waals surface area contributed by atoms with Gasteiger partial charge in [-0.25, -0.2) is 9.48 Å². The highest BCUT2D eigenvalue weighted by atomic mass is 28.3. The fraction of sp³-hybridized carbons (Fsp3) is 0.464. The molecule has 0 aliphatic heterocycles. The number of benzene rings is 2. The average molecular weight is 525 g/mol. The lowest BCUT2D eigenvalue weighted by Crippen LogP contribution is -2.34. The Bertz CT molecular complexity index is 1190. The van der Waals surface area contributed by atoms with Gasteiger partial charge in [0.2, 0.25) is 0 Å². The Hall–Kier alpha value is -3.17. The molecule has 2 aromatic carbocycles. The lowest BCUT2D eigenvalue weighted by molar-refractivity contribution is 0.0527. The van der Waals surface area contributed by atoms with Gasteiger partial charge in [-0.3, -0.25) is 4.79 Å². The van der Waals surface area contributed by atoms with Gasteiger partial charge in [0.25, 0.3) is 5.91 Å². The number of fused-ring (bicyclic) bond motifs is 1. The van der Waals surface area contributed by atoms with E-state index in [-0.39, 0.29) is 5.91 Å². The zero-order valence-electron chi connectivity index (χ0n) is 22.9. The van der Waals surface area contributed by atoms with Crippen LogP contribution in [0, 0.1) is 0 Å². The van der Waals surface area contributed by atoms with Gasteiger partial charge in [-0.1, -0.05) is 50.0 Å². The van der Waals surface area contributed by atoms with Gasteiger partial charge in [0.05, 0.1) is 5.52 Å². The van der Waals surface area contributed by atoms with Crippen LogP contribution in [0.4, 0.5) is 4.79 Å². The van der Waals surface area contributed by atoms with Gasteiger partial charge < -0.3 is 20.1 Å². The topological polar surface area (TPSA) is 94.5 Å². The minimum Gasteiger partial charge on any atom is -0.444 e. The van der Waals surface area contributed by atoms with Crippen LogP contribution < -0.4 is 10.6 Å². The molecule has 0 bridgehead atoms. The van der Waals surface area contributed by atoms with Crippen LogP contribution in [0.25, 0.3) is 22.2 Å². The fourth-order valence-electron chi connectivity index (χ4n) is 3.64. The Morgan fingerprint density at radius 1 is 0.973 bits per heavy atom. The summed E-state index contributed by atoms with van der Waals surface area (Å²) in [7, 11) is -1.15. The monoisotopic (exact) mass is 524 g/mol. The quantitative estimate of drug-likeness (QED) is 0.249. The third-order valence-corrected chi connectivity index (χ3v) is 7.30. The molecule has 0 aliphatic rings. The lowest BCUT2D eigenvalue weighted by Gasteiger charge is -2.19.